The molecule has 2 rings (SSSR count). The molecule has 2 heteroatoms. The fourth-order valence-corrected chi connectivity index (χ4v) is 3.12. The third kappa shape index (κ3) is 3.37. The van der Waals surface area contributed by atoms with Crippen molar-refractivity contribution >= 4 is 0 Å². The van der Waals surface area contributed by atoms with Crippen LogP contribution in [0.1, 0.15) is 32.8 Å². The highest BCUT2D eigenvalue weighted by molar-refractivity contribution is 5.25. The zero-order valence-electron chi connectivity index (χ0n) is 12.5. The van der Waals surface area contributed by atoms with Crippen molar-refractivity contribution in [3.8, 4) is 0 Å². The topological polar surface area (TPSA) is 23.5 Å². The Labute approximate surface area is 117 Å². The summed E-state index contributed by atoms with van der Waals surface area (Å²) in [6, 6.07) is 10.4. The largest absolute Gasteiger partial charge is 0.395 e. The molecule has 0 radical (unpaired) electrons. The molecule has 1 aromatic carbocycles. The van der Waals surface area contributed by atoms with Gasteiger partial charge in [-0.05, 0) is 30.4 Å². The zero-order valence-corrected chi connectivity index (χ0v) is 12.5. The van der Waals surface area contributed by atoms with Crippen LogP contribution in [-0.4, -0.2) is 36.2 Å². The number of hydrogen-bond acceptors (Lipinski definition) is 2. The fourth-order valence-electron chi connectivity index (χ4n) is 3.12. The highest BCUT2D eigenvalue weighted by Crippen LogP contribution is 2.29. The van der Waals surface area contributed by atoms with E-state index >= 15 is 0 Å². The van der Waals surface area contributed by atoms with Gasteiger partial charge in [-0.2, -0.15) is 0 Å². The number of aliphatic hydroxyl groups excluding tert-OH is 1. The van der Waals surface area contributed by atoms with Crippen molar-refractivity contribution in [2.24, 2.45) is 11.8 Å². The lowest BCUT2D eigenvalue weighted by Gasteiger charge is -2.33. The van der Waals surface area contributed by atoms with Gasteiger partial charge >= 0.3 is 0 Å². The predicted octanol–water partition coefficient (Wildman–Crippen LogP) is 2.91. The van der Waals surface area contributed by atoms with Crippen molar-refractivity contribution in [1.82, 2.24) is 4.90 Å². The highest BCUT2D eigenvalue weighted by Gasteiger charge is 2.32. The van der Waals surface area contributed by atoms with Gasteiger partial charge in [-0.1, -0.05) is 51.1 Å². The minimum atomic E-state index is -0.146. The van der Waals surface area contributed by atoms with E-state index in [-0.39, 0.29) is 12.0 Å². The molecule has 1 aliphatic heterocycles. The first-order chi connectivity index (χ1) is 9.05. The molecule has 0 amide bonds. The zero-order chi connectivity index (χ0) is 13.9. The normalized spacial score (nSPS) is 23.7. The van der Waals surface area contributed by atoms with E-state index in [0.29, 0.717) is 0 Å². The van der Waals surface area contributed by atoms with Crippen LogP contribution in [0.2, 0.25) is 0 Å². The van der Waals surface area contributed by atoms with Crippen LogP contribution in [0.25, 0.3) is 0 Å². The van der Waals surface area contributed by atoms with E-state index in [0.717, 1.165) is 18.4 Å². The molecule has 1 aromatic rings. The highest BCUT2D eigenvalue weighted by atomic mass is 16.3. The van der Waals surface area contributed by atoms with Crippen molar-refractivity contribution in [2.75, 3.05) is 26.2 Å². The van der Waals surface area contributed by atoms with E-state index in [1.807, 2.05) is 6.07 Å². The summed E-state index contributed by atoms with van der Waals surface area (Å²) in [5, 5.41) is 9.85. The van der Waals surface area contributed by atoms with Gasteiger partial charge in [-0.3, -0.25) is 0 Å². The summed E-state index contributed by atoms with van der Waals surface area (Å²) < 4.78 is 0. The maximum Gasteiger partial charge on any atom is 0.0537 e. The third-order valence-electron chi connectivity index (χ3n) is 4.64. The van der Waals surface area contributed by atoms with Crippen LogP contribution in [0.5, 0.6) is 0 Å². The van der Waals surface area contributed by atoms with Crippen LogP contribution in [-0.2, 0) is 5.41 Å². The van der Waals surface area contributed by atoms with Crippen LogP contribution in [0.3, 0.4) is 0 Å². The smallest absolute Gasteiger partial charge is 0.0537 e. The summed E-state index contributed by atoms with van der Waals surface area (Å²) in [6.07, 6.45) is 1.30. The summed E-state index contributed by atoms with van der Waals surface area (Å²) in [4.78, 5) is 2.52. The van der Waals surface area contributed by atoms with Gasteiger partial charge in [0.2, 0.25) is 0 Å². The van der Waals surface area contributed by atoms with Gasteiger partial charge in [0.05, 0.1) is 6.61 Å². The molecule has 19 heavy (non-hydrogen) atoms. The molecule has 2 nitrogen and oxygen atoms in total. The Kier molecular flexibility index (Phi) is 4.64. The summed E-state index contributed by atoms with van der Waals surface area (Å²) >= 11 is 0. The number of likely N-dealkylation sites (tertiary alicyclic amines) is 1. The van der Waals surface area contributed by atoms with Crippen LogP contribution < -0.4 is 0 Å². The van der Waals surface area contributed by atoms with Gasteiger partial charge in [0.15, 0.2) is 0 Å². The van der Waals surface area contributed by atoms with Crippen LogP contribution in [0, 0.1) is 11.8 Å². The van der Waals surface area contributed by atoms with E-state index < -0.39 is 0 Å². The minimum Gasteiger partial charge on any atom is -0.395 e. The van der Waals surface area contributed by atoms with Crippen molar-refractivity contribution in [3.63, 3.8) is 0 Å². The molecule has 0 aliphatic carbocycles. The average Bonchev–Trinajstić information content (AvgIpc) is 2.88. The Morgan fingerprint density at radius 1 is 1.32 bits per heavy atom. The Morgan fingerprint density at radius 3 is 2.53 bits per heavy atom. The van der Waals surface area contributed by atoms with E-state index in [4.69, 9.17) is 0 Å². The molecule has 1 fully saturated rings. The van der Waals surface area contributed by atoms with Gasteiger partial charge in [-0.15, -0.1) is 0 Å². The number of rotatable bonds is 5. The lowest BCUT2D eigenvalue weighted by Crippen LogP contribution is -2.40. The first-order valence-corrected chi connectivity index (χ1v) is 7.44. The Morgan fingerprint density at radius 2 is 2.00 bits per heavy atom. The molecule has 1 heterocycles. The Hall–Kier alpha value is -0.860. The summed E-state index contributed by atoms with van der Waals surface area (Å²) in [5.41, 5.74) is 1.10. The van der Waals surface area contributed by atoms with Gasteiger partial charge in [0.1, 0.15) is 0 Å². The van der Waals surface area contributed by atoms with E-state index in [1.165, 1.54) is 25.1 Å². The molecule has 106 valence electrons. The van der Waals surface area contributed by atoms with Gasteiger partial charge < -0.3 is 10.0 Å². The summed E-state index contributed by atoms with van der Waals surface area (Å²) in [7, 11) is 0. The number of benzene rings is 1. The van der Waals surface area contributed by atoms with E-state index in [1.54, 1.807) is 0 Å². The van der Waals surface area contributed by atoms with Gasteiger partial charge in [0.25, 0.3) is 0 Å². The van der Waals surface area contributed by atoms with Gasteiger partial charge in [0, 0.05) is 18.5 Å². The van der Waals surface area contributed by atoms with Crippen molar-refractivity contribution in [1.29, 1.82) is 0 Å². The summed E-state index contributed by atoms with van der Waals surface area (Å²) in [5.74, 6) is 1.58. The van der Waals surface area contributed by atoms with Crippen molar-refractivity contribution in [3.05, 3.63) is 35.9 Å². The molecule has 0 spiro atoms. The van der Waals surface area contributed by atoms with Gasteiger partial charge in [-0.25, -0.2) is 0 Å². The summed E-state index contributed by atoms with van der Waals surface area (Å²) in [6.45, 7) is 10.3. The molecule has 0 saturated carbocycles. The standard InChI is InChI=1S/C17H27NO/c1-14(2)15-9-10-18(11-15)12-17(3,13-19)16-7-5-4-6-8-16/h4-8,14-15,19H,9-13H2,1-3H3. The number of hydrogen-bond donors (Lipinski definition) is 1. The molecule has 1 aliphatic rings. The maximum atomic E-state index is 9.85. The van der Waals surface area contributed by atoms with Crippen molar-refractivity contribution < 1.29 is 5.11 Å². The molecule has 0 bridgehead atoms. The second-order valence-electron chi connectivity index (χ2n) is 6.61. The molecule has 0 aromatic heterocycles. The van der Waals surface area contributed by atoms with Crippen LogP contribution in [0.4, 0.5) is 0 Å². The SMILES string of the molecule is CC(C)C1CCN(CC(C)(CO)c2ccccc2)C1. The first-order valence-electron chi connectivity index (χ1n) is 7.44. The number of aliphatic hydroxyl groups is 1. The second-order valence-corrected chi connectivity index (χ2v) is 6.61. The average molecular weight is 261 g/mol. The quantitative estimate of drug-likeness (QED) is 0.881. The predicted molar refractivity (Wildman–Crippen MR) is 80.3 cm³/mol. The molecule has 2 atom stereocenters. The lowest BCUT2D eigenvalue weighted by molar-refractivity contribution is 0.154. The Bertz CT molecular complexity index is 390. The monoisotopic (exact) mass is 261 g/mol. The second kappa shape index (κ2) is 6.06. The van der Waals surface area contributed by atoms with Crippen LogP contribution >= 0.6 is 0 Å². The number of nitrogens with zero attached hydrogens (tertiary/aromatic N) is 1. The van der Waals surface area contributed by atoms with Crippen molar-refractivity contribution in [2.45, 2.75) is 32.6 Å². The molecule has 2 unspecified atom stereocenters. The maximum absolute atomic E-state index is 9.85. The van der Waals surface area contributed by atoms with E-state index in [9.17, 15) is 5.11 Å². The first kappa shape index (κ1) is 14.5. The molecular weight excluding hydrogens is 234 g/mol. The Balaban J connectivity index is 2.04. The molecule has 1 saturated heterocycles. The minimum absolute atomic E-state index is 0.146. The fraction of sp³-hybridized carbons (Fsp3) is 0.647. The third-order valence-corrected chi connectivity index (χ3v) is 4.64. The molecular formula is C17H27NO. The lowest BCUT2D eigenvalue weighted by atomic mass is 9.83. The molecule has 1 N–H and O–H groups in total. The van der Waals surface area contributed by atoms with E-state index in [2.05, 4.69) is 49.9 Å². The van der Waals surface area contributed by atoms with Crippen LogP contribution in [0.15, 0.2) is 30.3 Å².